The van der Waals surface area contributed by atoms with Gasteiger partial charge in [-0.3, -0.25) is 10.1 Å². The van der Waals surface area contributed by atoms with Crippen LogP contribution < -0.4 is 5.32 Å². The Kier molecular flexibility index (Phi) is 6.48. The Morgan fingerprint density at radius 3 is 2.16 bits per heavy atom. The molecule has 3 aromatic carbocycles. The van der Waals surface area contributed by atoms with E-state index in [1.807, 2.05) is 85.8 Å². The second-order valence-corrected chi connectivity index (χ2v) is 9.38. The molecule has 1 aromatic heterocycles. The van der Waals surface area contributed by atoms with Crippen molar-refractivity contribution >= 4 is 17.9 Å². The average Bonchev–Trinajstić information content (AvgIpc) is 3.24. The van der Waals surface area contributed by atoms with Gasteiger partial charge in [0, 0.05) is 0 Å². The van der Waals surface area contributed by atoms with Gasteiger partial charge in [0.25, 0.3) is 0 Å². The lowest BCUT2D eigenvalue weighted by atomic mass is 9.64. The van der Waals surface area contributed by atoms with E-state index in [-0.39, 0.29) is 0 Å². The zero-order chi connectivity index (χ0) is 26.0. The molecule has 0 unspecified atom stereocenters. The number of carboxylic acids is 1. The van der Waals surface area contributed by atoms with Crippen LogP contribution in [0.25, 0.3) is 16.8 Å². The van der Waals surface area contributed by atoms with Gasteiger partial charge in [0.05, 0.1) is 11.1 Å². The topological polar surface area (TPSA) is 106 Å². The minimum absolute atomic E-state index is 0.411. The number of aromatic nitrogens is 3. The molecule has 1 amide bonds. The molecule has 0 bridgehead atoms. The van der Waals surface area contributed by atoms with Crippen molar-refractivity contribution < 1.29 is 19.4 Å². The molecule has 8 heteroatoms. The number of hydrogen-bond donors (Lipinski definition) is 2. The van der Waals surface area contributed by atoms with Crippen LogP contribution in [0, 0.1) is 6.92 Å². The molecule has 1 heterocycles. The molecule has 0 saturated heterocycles. The van der Waals surface area contributed by atoms with Crippen molar-refractivity contribution in [1.29, 1.82) is 0 Å². The standard InChI is InChI=1S/C29H28N4O4/c1-19-26(30-28(36)37-20(2)21-7-4-3-5-8-21)33(32-31-19)25-15-11-23(12-16-25)22-9-13-24(14-10-22)29(27(34)35)17-6-18-29/h3-5,7-16,20H,6,17-18H2,1-2H3,(H,30,36)(H,34,35)/t20-/m1/s1. The maximum Gasteiger partial charge on any atom is 0.413 e. The maximum atomic E-state index is 12.6. The number of carbonyl (C=O) groups excluding carboxylic acids is 1. The second kappa shape index (κ2) is 9.89. The Bertz CT molecular complexity index is 1410. The molecule has 2 N–H and O–H groups in total. The lowest BCUT2D eigenvalue weighted by molar-refractivity contribution is -0.147. The fourth-order valence-corrected chi connectivity index (χ4v) is 4.69. The summed E-state index contributed by atoms with van der Waals surface area (Å²) in [4.78, 5) is 24.4. The lowest BCUT2D eigenvalue weighted by Crippen LogP contribution is -2.42. The van der Waals surface area contributed by atoms with Crippen LogP contribution in [0.3, 0.4) is 0 Å². The van der Waals surface area contributed by atoms with E-state index in [2.05, 4.69) is 15.6 Å². The Balaban J connectivity index is 1.30. The molecule has 0 aliphatic heterocycles. The molecule has 1 atom stereocenters. The molecule has 188 valence electrons. The minimum Gasteiger partial charge on any atom is -0.481 e. The fraction of sp³-hybridized carbons (Fsp3) is 0.241. The van der Waals surface area contributed by atoms with Crippen LogP contribution in [0.2, 0.25) is 0 Å². The van der Waals surface area contributed by atoms with E-state index in [1.54, 1.807) is 11.6 Å². The highest BCUT2D eigenvalue weighted by Crippen LogP contribution is 2.44. The number of carboxylic acid groups (broad SMARTS) is 1. The Morgan fingerprint density at radius 2 is 1.59 bits per heavy atom. The highest BCUT2D eigenvalue weighted by molar-refractivity contribution is 5.85. The summed E-state index contributed by atoms with van der Waals surface area (Å²) < 4.78 is 7.10. The Morgan fingerprint density at radius 1 is 0.973 bits per heavy atom. The average molecular weight is 497 g/mol. The highest BCUT2D eigenvalue weighted by Gasteiger charge is 2.45. The fourth-order valence-electron chi connectivity index (χ4n) is 4.69. The van der Waals surface area contributed by atoms with Crippen molar-refractivity contribution in [2.75, 3.05) is 5.32 Å². The smallest absolute Gasteiger partial charge is 0.413 e. The summed E-state index contributed by atoms with van der Waals surface area (Å²) in [5, 5.41) is 20.8. The quantitative estimate of drug-likeness (QED) is 0.322. The van der Waals surface area contributed by atoms with Gasteiger partial charge in [-0.25, -0.2) is 4.79 Å². The van der Waals surface area contributed by atoms with Crippen molar-refractivity contribution in [2.24, 2.45) is 0 Å². The van der Waals surface area contributed by atoms with E-state index in [0.29, 0.717) is 24.4 Å². The van der Waals surface area contributed by atoms with Gasteiger partial charge in [0.1, 0.15) is 11.8 Å². The molecule has 8 nitrogen and oxygen atoms in total. The summed E-state index contributed by atoms with van der Waals surface area (Å²) in [7, 11) is 0. The van der Waals surface area contributed by atoms with Crippen LogP contribution in [-0.2, 0) is 14.9 Å². The first kappa shape index (κ1) is 24.2. The number of aliphatic carboxylic acids is 1. The third-order valence-electron chi connectivity index (χ3n) is 7.11. The predicted octanol–water partition coefficient (Wildman–Crippen LogP) is 6.06. The van der Waals surface area contributed by atoms with Gasteiger partial charge in [-0.05, 0) is 61.1 Å². The van der Waals surface area contributed by atoms with E-state index < -0.39 is 23.6 Å². The zero-order valence-electron chi connectivity index (χ0n) is 20.7. The number of benzene rings is 3. The number of hydrogen-bond acceptors (Lipinski definition) is 5. The Hall–Kier alpha value is -4.46. The maximum absolute atomic E-state index is 12.6. The van der Waals surface area contributed by atoms with E-state index in [0.717, 1.165) is 34.4 Å². The summed E-state index contributed by atoms with van der Waals surface area (Å²) in [5.74, 6) is -0.316. The normalized spacial score (nSPS) is 14.9. The molecule has 4 aromatic rings. The van der Waals surface area contributed by atoms with Crippen LogP contribution in [0.5, 0.6) is 0 Å². The Labute approximate surface area is 214 Å². The van der Waals surface area contributed by atoms with Gasteiger partial charge >= 0.3 is 12.1 Å². The predicted molar refractivity (Wildman–Crippen MR) is 140 cm³/mol. The monoisotopic (exact) mass is 496 g/mol. The summed E-state index contributed by atoms with van der Waals surface area (Å²) in [6.07, 6.45) is 1.31. The van der Waals surface area contributed by atoms with Crippen molar-refractivity contribution in [2.45, 2.75) is 44.6 Å². The molecule has 1 fully saturated rings. The van der Waals surface area contributed by atoms with E-state index in [9.17, 15) is 14.7 Å². The third-order valence-corrected chi connectivity index (χ3v) is 7.11. The molecule has 5 rings (SSSR count). The lowest BCUT2D eigenvalue weighted by Gasteiger charge is -2.38. The molecule has 1 saturated carbocycles. The van der Waals surface area contributed by atoms with Crippen LogP contribution in [0.4, 0.5) is 10.6 Å². The van der Waals surface area contributed by atoms with Gasteiger partial charge in [-0.2, -0.15) is 4.68 Å². The molecule has 1 aliphatic carbocycles. The van der Waals surface area contributed by atoms with Crippen LogP contribution >= 0.6 is 0 Å². The number of nitrogens with one attached hydrogen (secondary N) is 1. The summed E-state index contributed by atoms with van der Waals surface area (Å²) >= 11 is 0. The number of rotatable bonds is 7. The number of anilines is 1. The highest BCUT2D eigenvalue weighted by atomic mass is 16.6. The van der Waals surface area contributed by atoms with Crippen molar-refractivity contribution in [3.05, 3.63) is 95.7 Å². The van der Waals surface area contributed by atoms with E-state index >= 15 is 0 Å². The second-order valence-electron chi connectivity index (χ2n) is 9.38. The van der Waals surface area contributed by atoms with Crippen molar-refractivity contribution in [3.63, 3.8) is 0 Å². The first-order valence-corrected chi connectivity index (χ1v) is 12.3. The van der Waals surface area contributed by atoms with Gasteiger partial charge in [-0.1, -0.05) is 78.4 Å². The van der Waals surface area contributed by atoms with Gasteiger partial charge < -0.3 is 9.84 Å². The van der Waals surface area contributed by atoms with Gasteiger partial charge in [0.2, 0.25) is 0 Å². The van der Waals surface area contributed by atoms with Crippen molar-refractivity contribution in [1.82, 2.24) is 15.0 Å². The zero-order valence-corrected chi connectivity index (χ0v) is 20.7. The molecular weight excluding hydrogens is 468 g/mol. The van der Waals surface area contributed by atoms with Crippen LogP contribution in [-0.4, -0.2) is 32.2 Å². The van der Waals surface area contributed by atoms with E-state index in [1.165, 1.54) is 0 Å². The molecule has 1 aliphatic rings. The molecule has 37 heavy (non-hydrogen) atoms. The number of aryl methyl sites for hydroxylation is 1. The number of ether oxygens (including phenoxy) is 1. The largest absolute Gasteiger partial charge is 0.481 e. The summed E-state index contributed by atoms with van der Waals surface area (Å²) in [6.45, 7) is 3.58. The SMILES string of the molecule is Cc1nnn(-c2ccc(-c3ccc(C4(C(=O)O)CCC4)cc3)cc2)c1NC(=O)O[C@H](C)c1ccccc1. The molecule has 0 spiro atoms. The number of carbonyl (C=O) groups is 2. The van der Waals surface area contributed by atoms with Crippen LogP contribution in [0.15, 0.2) is 78.9 Å². The minimum atomic E-state index is -0.748. The number of amides is 1. The van der Waals surface area contributed by atoms with E-state index in [4.69, 9.17) is 4.74 Å². The molecule has 0 radical (unpaired) electrons. The van der Waals surface area contributed by atoms with Gasteiger partial charge in [-0.15, -0.1) is 5.10 Å². The molecular formula is C29H28N4O4. The van der Waals surface area contributed by atoms with Crippen LogP contribution in [0.1, 0.15) is 49.1 Å². The van der Waals surface area contributed by atoms with Gasteiger partial charge in [0.15, 0.2) is 5.82 Å². The third kappa shape index (κ3) is 4.70. The number of nitrogens with zero attached hydrogens (tertiary/aromatic N) is 3. The summed E-state index contributed by atoms with van der Waals surface area (Å²) in [5.41, 5.74) is 4.28. The summed E-state index contributed by atoms with van der Waals surface area (Å²) in [6, 6.07) is 25.0. The van der Waals surface area contributed by atoms with Crippen molar-refractivity contribution in [3.8, 4) is 16.8 Å². The first-order chi connectivity index (χ1) is 17.9. The first-order valence-electron chi connectivity index (χ1n) is 12.3.